The molecule has 0 bridgehead atoms. The summed E-state index contributed by atoms with van der Waals surface area (Å²) in [6.07, 6.45) is 2.44. The molecule has 0 spiro atoms. The van der Waals surface area contributed by atoms with Crippen molar-refractivity contribution in [2.24, 2.45) is 5.92 Å². The van der Waals surface area contributed by atoms with Crippen LogP contribution in [0.5, 0.6) is 0 Å². The number of ether oxygens (including phenoxy) is 5. The van der Waals surface area contributed by atoms with Gasteiger partial charge in [0.15, 0.2) is 5.79 Å². The van der Waals surface area contributed by atoms with E-state index in [1.54, 1.807) is 7.11 Å². The van der Waals surface area contributed by atoms with Crippen LogP contribution in [0.1, 0.15) is 53.9 Å². The Bertz CT molecular complexity index is 447. The van der Waals surface area contributed by atoms with Gasteiger partial charge in [-0.15, -0.1) is 0 Å². The first kappa shape index (κ1) is 20.4. The zero-order valence-corrected chi connectivity index (χ0v) is 16.3. The van der Waals surface area contributed by atoms with Crippen LogP contribution >= 0.6 is 0 Å². The summed E-state index contributed by atoms with van der Waals surface area (Å²) < 4.78 is 27.5. The van der Waals surface area contributed by atoms with Gasteiger partial charge in [0.05, 0.1) is 18.8 Å². The molecule has 2 rings (SSSR count). The molecule has 0 aromatic heterocycles. The molecule has 0 aromatic rings. The predicted molar refractivity (Wildman–Crippen MR) is 92.2 cm³/mol. The Labute approximate surface area is 150 Å². The molecule has 0 aromatic carbocycles. The van der Waals surface area contributed by atoms with Gasteiger partial charge in [-0.25, -0.2) is 4.79 Å². The molecule has 1 heterocycles. The summed E-state index contributed by atoms with van der Waals surface area (Å²) in [6, 6.07) is -0.152. The highest BCUT2D eigenvalue weighted by atomic mass is 16.7. The number of carbonyl (C=O) groups is 1. The standard InChI is InChI=1S/C18H33NO6/c1-17(2,3)25-16(20)19-13(15-10-23-18(4,5)24-15)8-7-12-9-14(12)22-11-21-6/h12-15H,7-11H2,1-6H3,(H,19,20)/t12?,13-,14-,15-/m1/s1. The van der Waals surface area contributed by atoms with Gasteiger partial charge in [0.25, 0.3) is 0 Å². The summed E-state index contributed by atoms with van der Waals surface area (Å²) in [5.41, 5.74) is -0.531. The van der Waals surface area contributed by atoms with Crippen molar-refractivity contribution in [3.8, 4) is 0 Å². The normalized spacial score (nSPS) is 29.3. The number of amides is 1. The summed E-state index contributed by atoms with van der Waals surface area (Å²) in [6.45, 7) is 10.1. The first-order valence-corrected chi connectivity index (χ1v) is 9.01. The van der Waals surface area contributed by atoms with Crippen LogP contribution in [0, 0.1) is 5.92 Å². The number of hydrogen-bond donors (Lipinski definition) is 1. The van der Waals surface area contributed by atoms with E-state index >= 15 is 0 Å². The quantitative estimate of drug-likeness (QED) is 0.672. The number of alkyl carbamates (subject to hydrolysis) is 1. The molecule has 4 atom stereocenters. The first-order valence-electron chi connectivity index (χ1n) is 9.01. The van der Waals surface area contributed by atoms with E-state index in [0.29, 0.717) is 19.3 Å². The van der Waals surface area contributed by atoms with Crippen LogP contribution in [0.25, 0.3) is 0 Å². The fourth-order valence-electron chi connectivity index (χ4n) is 3.00. The van der Waals surface area contributed by atoms with E-state index in [1.807, 2.05) is 34.6 Å². The van der Waals surface area contributed by atoms with E-state index in [-0.39, 0.29) is 18.2 Å². The molecular weight excluding hydrogens is 326 g/mol. The molecule has 25 heavy (non-hydrogen) atoms. The highest BCUT2D eigenvalue weighted by molar-refractivity contribution is 5.68. The molecule has 1 saturated heterocycles. The van der Waals surface area contributed by atoms with E-state index < -0.39 is 17.5 Å². The van der Waals surface area contributed by atoms with Gasteiger partial charge >= 0.3 is 6.09 Å². The molecule has 0 radical (unpaired) electrons. The lowest BCUT2D eigenvalue weighted by atomic mass is 10.0. The highest BCUT2D eigenvalue weighted by Crippen LogP contribution is 2.38. The fraction of sp³-hybridized carbons (Fsp3) is 0.944. The van der Waals surface area contributed by atoms with Crippen molar-refractivity contribution < 1.29 is 28.5 Å². The van der Waals surface area contributed by atoms with Gasteiger partial charge in [-0.2, -0.15) is 0 Å². The number of methoxy groups -OCH3 is 1. The Balaban J connectivity index is 1.86. The van der Waals surface area contributed by atoms with E-state index in [4.69, 9.17) is 23.7 Å². The van der Waals surface area contributed by atoms with Gasteiger partial charge in [-0.3, -0.25) is 0 Å². The molecule has 1 aliphatic carbocycles. The number of hydrogen-bond acceptors (Lipinski definition) is 6. The van der Waals surface area contributed by atoms with Crippen LogP contribution in [0.3, 0.4) is 0 Å². The van der Waals surface area contributed by atoms with Gasteiger partial charge in [-0.05, 0) is 59.8 Å². The summed E-state index contributed by atoms with van der Waals surface area (Å²) in [5.74, 6) is -0.115. The molecule has 1 unspecified atom stereocenters. The molecule has 2 aliphatic rings. The molecule has 7 heteroatoms. The molecule has 1 N–H and O–H groups in total. The molecule has 1 aliphatic heterocycles. The van der Waals surface area contributed by atoms with Crippen LogP contribution in [0.15, 0.2) is 0 Å². The van der Waals surface area contributed by atoms with Gasteiger partial charge in [0.2, 0.25) is 0 Å². The Morgan fingerprint density at radius 2 is 2.08 bits per heavy atom. The maximum absolute atomic E-state index is 12.2. The minimum absolute atomic E-state index is 0.152. The van der Waals surface area contributed by atoms with Crippen LogP contribution in [-0.2, 0) is 23.7 Å². The maximum Gasteiger partial charge on any atom is 0.407 e. The van der Waals surface area contributed by atoms with Gasteiger partial charge in [0, 0.05) is 7.11 Å². The third-order valence-electron chi connectivity index (χ3n) is 4.29. The van der Waals surface area contributed by atoms with Crippen LogP contribution in [-0.4, -0.2) is 56.2 Å². The van der Waals surface area contributed by atoms with E-state index in [0.717, 1.165) is 19.3 Å². The Kier molecular flexibility index (Phi) is 6.70. The summed E-state index contributed by atoms with van der Waals surface area (Å²) in [7, 11) is 1.62. The number of carbonyl (C=O) groups excluding carboxylic acids is 1. The Morgan fingerprint density at radius 1 is 1.36 bits per heavy atom. The van der Waals surface area contributed by atoms with Crippen LogP contribution in [0.2, 0.25) is 0 Å². The highest BCUT2D eigenvalue weighted by Gasteiger charge is 2.42. The van der Waals surface area contributed by atoms with Crippen molar-refractivity contribution in [2.75, 3.05) is 20.5 Å². The number of rotatable bonds is 8. The second-order valence-electron chi connectivity index (χ2n) is 8.30. The smallest absolute Gasteiger partial charge is 0.407 e. The second kappa shape index (κ2) is 8.20. The summed E-state index contributed by atoms with van der Waals surface area (Å²) in [4.78, 5) is 12.2. The van der Waals surface area contributed by atoms with E-state index in [1.165, 1.54) is 0 Å². The second-order valence-corrected chi connectivity index (χ2v) is 8.30. The maximum atomic E-state index is 12.2. The van der Waals surface area contributed by atoms with Crippen molar-refractivity contribution >= 4 is 6.09 Å². The minimum atomic E-state index is -0.623. The van der Waals surface area contributed by atoms with Gasteiger partial charge in [-0.1, -0.05) is 0 Å². The van der Waals surface area contributed by atoms with Gasteiger partial charge in [0.1, 0.15) is 18.5 Å². The first-order chi connectivity index (χ1) is 11.6. The molecule has 7 nitrogen and oxygen atoms in total. The van der Waals surface area contributed by atoms with Crippen molar-refractivity contribution in [1.82, 2.24) is 5.32 Å². The average molecular weight is 359 g/mol. The topological polar surface area (TPSA) is 75.3 Å². The average Bonchev–Trinajstić information content (AvgIpc) is 3.12. The Morgan fingerprint density at radius 3 is 2.64 bits per heavy atom. The fourth-order valence-corrected chi connectivity index (χ4v) is 3.00. The molecule has 1 amide bonds. The van der Waals surface area contributed by atoms with E-state index in [9.17, 15) is 4.79 Å². The molecule has 1 saturated carbocycles. The molecule has 146 valence electrons. The van der Waals surface area contributed by atoms with Crippen molar-refractivity contribution in [2.45, 2.75) is 83.5 Å². The third kappa shape index (κ3) is 7.09. The zero-order valence-electron chi connectivity index (χ0n) is 16.3. The lowest BCUT2D eigenvalue weighted by Crippen LogP contribution is -2.47. The summed E-state index contributed by atoms with van der Waals surface area (Å²) >= 11 is 0. The lowest BCUT2D eigenvalue weighted by Gasteiger charge is -2.27. The molecule has 2 fully saturated rings. The SMILES string of the molecule is COCO[C@@H]1CC1CC[C@@H](NC(=O)OC(C)(C)C)[C@H]1COC(C)(C)O1. The zero-order chi connectivity index (χ0) is 18.7. The summed E-state index contributed by atoms with van der Waals surface area (Å²) in [5, 5.41) is 2.96. The van der Waals surface area contributed by atoms with Crippen LogP contribution < -0.4 is 5.32 Å². The van der Waals surface area contributed by atoms with Crippen LogP contribution in [0.4, 0.5) is 4.79 Å². The monoisotopic (exact) mass is 359 g/mol. The minimum Gasteiger partial charge on any atom is -0.444 e. The van der Waals surface area contributed by atoms with Crippen molar-refractivity contribution in [3.05, 3.63) is 0 Å². The number of nitrogens with one attached hydrogen (secondary N) is 1. The third-order valence-corrected chi connectivity index (χ3v) is 4.29. The predicted octanol–water partition coefficient (Wildman–Crippen LogP) is 2.82. The van der Waals surface area contributed by atoms with Crippen molar-refractivity contribution in [1.29, 1.82) is 0 Å². The van der Waals surface area contributed by atoms with Crippen molar-refractivity contribution in [3.63, 3.8) is 0 Å². The van der Waals surface area contributed by atoms with Gasteiger partial charge < -0.3 is 29.0 Å². The lowest BCUT2D eigenvalue weighted by molar-refractivity contribution is -0.142. The largest absolute Gasteiger partial charge is 0.444 e. The van der Waals surface area contributed by atoms with E-state index in [2.05, 4.69) is 5.32 Å². The molecular formula is C18H33NO6. The Hall–Kier alpha value is -0.890.